The molecule has 0 atom stereocenters. The number of carbonyl (C=O) groups excluding carboxylic acids is 2. The summed E-state index contributed by atoms with van der Waals surface area (Å²) in [7, 11) is 1.35. The van der Waals surface area contributed by atoms with E-state index in [1.54, 1.807) is 36.4 Å². The number of esters is 1. The summed E-state index contributed by atoms with van der Waals surface area (Å²) in [5, 5.41) is 6.03. The molecule has 2 N–H and O–H groups in total. The molecule has 0 aliphatic rings. The number of ether oxygens (including phenoxy) is 2. The third-order valence-electron chi connectivity index (χ3n) is 4.15. The normalized spacial score (nSPS) is 10.1. The van der Waals surface area contributed by atoms with Crippen LogP contribution in [0, 0.1) is 6.92 Å². The molecule has 29 heavy (non-hydrogen) atoms. The van der Waals surface area contributed by atoms with Gasteiger partial charge in [-0.25, -0.2) is 4.79 Å². The van der Waals surface area contributed by atoms with Crippen LogP contribution in [-0.2, 0) is 9.53 Å². The maximum Gasteiger partial charge on any atom is 0.337 e. The smallest absolute Gasteiger partial charge is 0.337 e. The fraction of sp³-hybridized carbons (Fsp3) is 0.130. The molecule has 0 aliphatic heterocycles. The van der Waals surface area contributed by atoms with Crippen molar-refractivity contribution < 1.29 is 19.1 Å². The Bertz CT molecular complexity index is 965. The number of anilines is 3. The predicted molar refractivity (Wildman–Crippen MR) is 113 cm³/mol. The summed E-state index contributed by atoms with van der Waals surface area (Å²) in [5.74, 6) is 0.0520. The second-order valence-electron chi connectivity index (χ2n) is 6.42. The fourth-order valence-electron chi connectivity index (χ4n) is 2.59. The van der Waals surface area contributed by atoms with E-state index in [0.717, 1.165) is 16.9 Å². The summed E-state index contributed by atoms with van der Waals surface area (Å²) in [6.07, 6.45) is 0. The van der Waals surface area contributed by atoms with E-state index < -0.39 is 0 Å². The maximum absolute atomic E-state index is 12.1. The highest BCUT2D eigenvalue weighted by Crippen LogP contribution is 2.20. The Balaban J connectivity index is 1.51. The van der Waals surface area contributed by atoms with Gasteiger partial charge in [0.2, 0.25) is 0 Å². The van der Waals surface area contributed by atoms with E-state index in [4.69, 9.17) is 4.74 Å². The van der Waals surface area contributed by atoms with Crippen LogP contribution in [0.25, 0.3) is 0 Å². The van der Waals surface area contributed by atoms with Gasteiger partial charge in [-0.3, -0.25) is 4.79 Å². The van der Waals surface area contributed by atoms with E-state index in [2.05, 4.69) is 15.4 Å². The summed E-state index contributed by atoms with van der Waals surface area (Å²) in [5.41, 5.74) is 3.98. The lowest BCUT2D eigenvalue weighted by atomic mass is 10.2. The second-order valence-corrected chi connectivity index (χ2v) is 6.42. The molecule has 148 valence electrons. The molecule has 3 aromatic carbocycles. The van der Waals surface area contributed by atoms with Crippen molar-refractivity contribution >= 4 is 28.9 Å². The Labute approximate surface area is 169 Å². The molecular weight excluding hydrogens is 368 g/mol. The lowest BCUT2D eigenvalue weighted by molar-refractivity contribution is -0.118. The summed E-state index contributed by atoms with van der Waals surface area (Å²) in [6.45, 7) is 1.93. The Morgan fingerprint density at radius 1 is 0.793 bits per heavy atom. The van der Waals surface area contributed by atoms with Crippen LogP contribution in [-0.4, -0.2) is 25.6 Å². The van der Waals surface area contributed by atoms with Crippen LogP contribution in [0.4, 0.5) is 17.1 Å². The molecule has 0 unspecified atom stereocenters. The molecule has 0 heterocycles. The van der Waals surface area contributed by atoms with Crippen LogP contribution < -0.4 is 15.4 Å². The number of hydrogen-bond donors (Lipinski definition) is 2. The van der Waals surface area contributed by atoms with Crippen LogP contribution in [0.1, 0.15) is 15.9 Å². The van der Waals surface area contributed by atoms with E-state index in [9.17, 15) is 9.59 Å². The average molecular weight is 390 g/mol. The van der Waals surface area contributed by atoms with Gasteiger partial charge in [-0.2, -0.15) is 0 Å². The first kappa shape index (κ1) is 19.9. The van der Waals surface area contributed by atoms with Crippen LogP contribution in [0.15, 0.2) is 72.8 Å². The molecule has 0 saturated carbocycles. The van der Waals surface area contributed by atoms with E-state index in [1.807, 2.05) is 43.3 Å². The number of amides is 1. The van der Waals surface area contributed by atoms with Crippen molar-refractivity contribution in [1.82, 2.24) is 0 Å². The Hall–Kier alpha value is -3.80. The van der Waals surface area contributed by atoms with Crippen molar-refractivity contribution in [3.05, 3.63) is 83.9 Å². The van der Waals surface area contributed by atoms with Gasteiger partial charge in [-0.1, -0.05) is 17.7 Å². The monoisotopic (exact) mass is 390 g/mol. The lowest BCUT2D eigenvalue weighted by Gasteiger charge is -2.10. The first-order chi connectivity index (χ1) is 14.0. The Kier molecular flexibility index (Phi) is 6.47. The van der Waals surface area contributed by atoms with Crippen molar-refractivity contribution in [2.24, 2.45) is 0 Å². The third-order valence-corrected chi connectivity index (χ3v) is 4.15. The fourth-order valence-corrected chi connectivity index (χ4v) is 2.59. The van der Waals surface area contributed by atoms with Gasteiger partial charge in [0, 0.05) is 17.1 Å². The Morgan fingerprint density at radius 3 is 1.93 bits per heavy atom. The first-order valence-corrected chi connectivity index (χ1v) is 9.08. The number of methoxy groups -OCH3 is 1. The largest absolute Gasteiger partial charge is 0.484 e. The van der Waals surface area contributed by atoms with Gasteiger partial charge in [0.05, 0.1) is 12.7 Å². The van der Waals surface area contributed by atoms with Gasteiger partial charge < -0.3 is 20.1 Å². The maximum atomic E-state index is 12.1. The number of aryl methyl sites for hydroxylation is 1. The van der Waals surface area contributed by atoms with Crippen molar-refractivity contribution in [1.29, 1.82) is 0 Å². The van der Waals surface area contributed by atoms with Crippen LogP contribution >= 0.6 is 0 Å². The Morgan fingerprint density at radius 2 is 1.34 bits per heavy atom. The molecule has 0 saturated heterocycles. The van der Waals surface area contributed by atoms with Gasteiger partial charge in [-0.15, -0.1) is 0 Å². The number of benzene rings is 3. The lowest BCUT2D eigenvalue weighted by Crippen LogP contribution is -2.20. The number of rotatable bonds is 7. The van der Waals surface area contributed by atoms with Gasteiger partial charge in [0.15, 0.2) is 6.61 Å². The zero-order chi connectivity index (χ0) is 20.6. The molecule has 0 fully saturated rings. The van der Waals surface area contributed by atoms with E-state index >= 15 is 0 Å². The summed E-state index contributed by atoms with van der Waals surface area (Å²) in [4.78, 5) is 23.5. The highest BCUT2D eigenvalue weighted by Gasteiger charge is 2.06. The molecule has 3 rings (SSSR count). The topological polar surface area (TPSA) is 76.7 Å². The molecule has 0 radical (unpaired) electrons. The zero-order valence-electron chi connectivity index (χ0n) is 16.3. The molecular formula is C23H22N2O4. The SMILES string of the molecule is COC(=O)c1ccc(Nc2ccc(NC(=O)COc3ccc(C)cc3)cc2)cc1. The first-order valence-electron chi connectivity index (χ1n) is 9.08. The van der Waals surface area contributed by atoms with E-state index in [0.29, 0.717) is 17.0 Å². The van der Waals surface area contributed by atoms with Crippen molar-refractivity contribution in [3.63, 3.8) is 0 Å². The second kappa shape index (κ2) is 9.41. The van der Waals surface area contributed by atoms with Crippen molar-refractivity contribution in [2.75, 3.05) is 24.4 Å². The minimum atomic E-state index is -0.372. The number of nitrogens with one attached hydrogen (secondary N) is 2. The molecule has 6 nitrogen and oxygen atoms in total. The predicted octanol–water partition coefficient (Wildman–Crippen LogP) is 4.54. The zero-order valence-corrected chi connectivity index (χ0v) is 16.3. The number of carbonyl (C=O) groups is 2. The molecule has 0 bridgehead atoms. The molecule has 0 aliphatic carbocycles. The molecule has 3 aromatic rings. The average Bonchev–Trinajstić information content (AvgIpc) is 2.75. The van der Waals surface area contributed by atoms with Gasteiger partial charge >= 0.3 is 5.97 Å². The summed E-state index contributed by atoms with van der Waals surface area (Å²) < 4.78 is 10.2. The highest BCUT2D eigenvalue weighted by molar-refractivity contribution is 5.92. The van der Waals surface area contributed by atoms with Crippen LogP contribution in [0.2, 0.25) is 0 Å². The van der Waals surface area contributed by atoms with Crippen LogP contribution in [0.5, 0.6) is 5.75 Å². The van der Waals surface area contributed by atoms with Gasteiger partial charge in [0.25, 0.3) is 5.91 Å². The van der Waals surface area contributed by atoms with Crippen LogP contribution in [0.3, 0.4) is 0 Å². The molecule has 0 aromatic heterocycles. The summed E-state index contributed by atoms with van der Waals surface area (Å²) in [6, 6.07) is 21.8. The quantitative estimate of drug-likeness (QED) is 0.579. The minimum Gasteiger partial charge on any atom is -0.484 e. The molecule has 6 heteroatoms. The molecule has 1 amide bonds. The minimum absolute atomic E-state index is 0.0599. The van der Waals surface area contributed by atoms with Gasteiger partial charge in [-0.05, 0) is 67.6 Å². The van der Waals surface area contributed by atoms with Crippen molar-refractivity contribution in [2.45, 2.75) is 6.92 Å². The standard InChI is InChI=1S/C23H22N2O4/c1-16-3-13-21(14-4-16)29-15-22(26)25-20-11-9-19(10-12-20)24-18-7-5-17(6-8-18)23(27)28-2/h3-14,24H,15H2,1-2H3,(H,25,26). The molecule has 0 spiro atoms. The number of hydrogen-bond acceptors (Lipinski definition) is 5. The van der Waals surface area contributed by atoms with Crippen molar-refractivity contribution in [3.8, 4) is 5.75 Å². The highest BCUT2D eigenvalue weighted by atomic mass is 16.5. The summed E-state index contributed by atoms with van der Waals surface area (Å²) >= 11 is 0. The third kappa shape index (κ3) is 5.84. The van der Waals surface area contributed by atoms with E-state index in [1.165, 1.54) is 7.11 Å². The van der Waals surface area contributed by atoms with Gasteiger partial charge in [0.1, 0.15) is 5.75 Å². The van der Waals surface area contributed by atoms with E-state index in [-0.39, 0.29) is 18.5 Å².